The Kier molecular flexibility index (Phi) is 6.61. The van der Waals surface area contributed by atoms with Crippen molar-refractivity contribution < 1.29 is 24.2 Å². The lowest BCUT2D eigenvalue weighted by molar-refractivity contribution is -0.132. The Hall–Kier alpha value is -3.77. The van der Waals surface area contributed by atoms with Gasteiger partial charge in [-0.2, -0.15) is 0 Å². The normalized spacial score (nSPS) is 17.3. The number of amides is 1. The number of hydrogen-bond acceptors (Lipinski definition) is 5. The topological polar surface area (TPSA) is 76.1 Å². The molecule has 0 bridgehead atoms. The Bertz CT molecular complexity index is 1230. The van der Waals surface area contributed by atoms with Crippen LogP contribution in [0.25, 0.3) is 5.76 Å². The zero-order valence-corrected chi connectivity index (χ0v) is 19.7. The second-order valence-electron chi connectivity index (χ2n) is 8.11. The quantitative estimate of drug-likeness (QED) is 0.277. The molecule has 1 aliphatic rings. The first kappa shape index (κ1) is 23.4. The average molecular weight is 478 g/mol. The van der Waals surface area contributed by atoms with Gasteiger partial charge in [0, 0.05) is 16.3 Å². The average Bonchev–Trinajstić information content (AvgIpc) is 3.10. The molecule has 7 heteroatoms. The predicted molar refractivity (Wildman–Crippen MR) is 131 cm³/mol. The molecule has 1 aliphatic heterocycles. The molecule has 1 N–H and O–H groups in total. The van der Waals surface area contributed by atoms with E-state index in [-0.39, 0.29) is 17.4 Å². The summed E-state index contributed by atoms with van der Waals surface area (Å²) in [6.45, 7) is 3.85. The van der Waals surface area contributed by atoms with Crippen molar-refractivity contribution in [1.29, 1.82) is 0 Å². The van der Waals surface area contributed by atoms with E-state index >= 15 is 0 Å². The van der Waals surface area contributed by atoms with E-state index in [1.54, 1.807) is 79.9 Å². The summed E-state index contributed by atoms with van der Waals surface area (Å²) < 4.78 is 10.9. The smallest absolute Gasteiger partial charge is 0.300 e. The predicted octanol–water partition coefficient (Wildman–Crippen LogP) is 5.76. The van der Waals surface area contributed by atoms with Gasteiger partial charge in [-0.3, -0.25) is 14.5 Å². The maximum absolute atomic E-state index is 13.2. The van der Waals surface area contributed by atoms with Crippen molar-refractivity contribution in [2.75, 3.05) is 12.0 Å². The molecule has 1 amide bonds. The molecule has 1 heterocycles. The van der Waals surface area contributed by atoms with E-state index in [2.05, 4.69) is 0 Å². The van der Waals surface area contributed by atoms with Crippen LogP contribution in [0, 0.1) is 0 Å². The summed E-state index contributed by atoms with van der Waals surface area (Å²) in [6, 6.07) is 19.6. The number of anilines is 1. The second-order valence-corrected chi connectivity index (χ2v) is 8.55. The Morgan fingerprint density at radius 3 is 2.06 bits per heavy atom. The van der Waals surface area contributed by atoms with Gasteiger partial charge in [0.15, 0.2) is 0 Å². The molecule has 174 valence electrons. The van der Waals surface area contributed by atoms with E-state index < -0.39 is 17.7 Å². The molecule has 3 aromatic rings. The number of aliphatic hydroxyl groups excluding tert-OH is 1. The molecule has 34 heavy (non-hydrogen) atoms. The monoisotopic (exact) mass is 477 g/mol. The number of ketones is 1. The van der Waals surface area contributed by atoms with Gasteiger partial charge in [0.05, 0.1) is 24.8 Å². The van der Waals surface area contributed by atoms with E-state index in [1.165, 1.54) is 4.90 Å². The van der Waals surface area contributed by atoms with Gasteiger partial charge in [-0.25, -0.2) is 0 Å². The number of hydrogen-bond donors (Lipinski definition) is 1. The van der Waals surface area contributed by atoms with Gasteiger partial charge < -0.3 is 14.6 Å². The van der Waals surface area contributed by atoms with Gasteiger partial charge >= 0.3 is 0 Å². The van der Waals surface area contributed by atoms with Crippen molar-refractivity contribution in [3.05, 3.63) is 94.5 Å². The van der Waals surface area contributed by atoms with Gasteiger partial charge in [-0.15, -0.1) is 0 Å². The molecule has 0 spiro atoms. The molecule has 6 nitrogen and oxygen atoms in total. The number of aliphatic hydroxyl groups is 1. The molecule has 1 unspecified atom stereocenters. The van der Waals surface area contributed by atoms with Crippen LogP contribution >= 0.6 is 11.6 Å². The van der Waals surface area contributed by atoms with Crippen LogP contribution < -0.4 is 14.4 Å². The fraction of sp³-hybridized carbons (Fsp3) is 0.185. The summed E-state index contributed by atoms with van der Waals surface area (Å²) >= 11 is 5.98. The highest BCUT2D eigenvalue weighted by Crippen LogP contribution is 2.42. The zero-order chi connectivity index (χ0) is 24.4. The van der Waals surface area contributed by atoms with Gasteiger partial charge in [0.2, 0.25) is 0 Å². The van der Waals surface area contributed by atoms with Crippen LogP contribution in [0.2, 0.25) is 5.02 Å². The first-order chi connectivity index (χ1) is 16.3. The van der Waals surface area contributed by atoms with Crippen LogP contribution in [0.5, 0.6) is 11.5 Å². The van der Waals surface area contributed by atoms with E-state index in [4.69, 9.17) is 21.1 Å². The second kappa shape index (κ2) is 9.61. The van der Waals surface area contributed by atoms with Crippen LogP contribution in [0.1, 0.15) is 31.0 Å². The third kappa shape index (κ3) is 4.50. The maximum Gasteiger partial charge on any atom is 0.300 e. The number of Topliss-reactive ketones (excluding diaryl/α,β-unsaturated/α-hetero) is 1. The number of rotatable bonds is 6. The van der Waals surface area contributed by atoms with Crippen molar-refractivity contribution >= 4 is 34.7 Å². The van der Waals surface area contributed by atoms with Crippen molar-refractivity contribution in [3.8, 4) is 11.5 Å². The highest BCUT2D eigenvalue weighted by Gasteiger charge is 2.47. The number of nitrogens with zero attached hydrogens (tertiary/aromatic N) is 1. The number of benzene rings is 3. The van der Waals surface area contributed by atoms with E-state index in [9.17, 15) is 14.7 Å². The minimum atomic E-state index is -0.835. The summed E-state index contributed by atoms with van der Waals surface area (Å²) in [5.74, 6) is -0.478. The van der Waals surface area contributed by atoms with Gasteiger partial charge in [-0.1, -0.05) is 23.7 Å². The maximum atomic E-state index is 13.2. The van der Waals surface area contributed by atoms with Crippen LogP contribution in [0.4, 0.5) is 5.69 Å². The lowest BCUT2D eigenvalue weighted by Gasteiger charge is -2.26. The fourth-order valence-electron chi connectivity index (χ4n) is 3.92. The SMILES string of the molecule is COc1ccc(C2/C(=C(\O)c3ccc(Cl)cc3)C(=O)C(=O)N2c2ccc(OC(C)C)cc2)cc1. The minimum absolute atomic E-state index is 0.00000349. The van der Waals surface area contributed by atoms with E-state index in [0.717, 1.165) is 0 Å². The Morgan fingerprint density at radius 2 is 1.50 bits per heavy atom. The molecule has 0 saturated carbocycles. The molecule has 1 fully saturated rings. The third-order valence-corrected chi connectivity index (χ3v) is 5.73. The van der Waals surface area contributed by atoms with E-state index in [1.807, 2.05) is 13.8 Å². The zero-order valence-electron chi connectivity index (χ0n) is 19.0. The molecule has 4 rings (SSSR count). The molecule has 1 saturated heterocycles. The fourth-order valence-corrected chi connectivity index (χ4v) is 4.05. The van der Waals surface area contributed by atoms with Crippen LogP contribution in [0.15, 0.2) is 78.4 Å². The number of carbonyl (C=O) groups is 2. The summed E-state index contributed by atoms with van der Waals surface area (Å²) in [7, 11) is 1.56. The molecule has 3 aromatic carbocycles. The number of ether oxygens (including phenoxy) is 2. The lowest BCUT2D eigenvalue weighted by atomic mass is 9.95. The Morgan fingerprint density at radius 1 is 0.912 bits per heavy atom. The highest BCUT2D eigenvalue weighted by atomic mass is 35.5. The summed E-state index contributed by atoms with van der Waals surface area (Å²) in [4.78, 5) is 27.8. The number of carbonyl (C=O) groups excluding carboxylic acids is 2. The van der Waals surface area contributed by atoms with Crippen molar-refractivity contribution in [2.45, 2.75) is 26.0 Å². The van der Waals surface area contributed by atoms with Crippen molar-refractivity contribution in [1.82, 2.24) is 0 Å². The van der Waals surface area contributed by atoms with Crippen LogP contribution in [-0.2, 0) is 9.59 Å². The van der Waals surface area contributed by atoms with Gasteiger partial charge in [0.25, 0.3) is 11.7 Å². The summed E-state index contributed by atoms with van der Waals surface area (Å²) in [6.07, 6.45) is -0.00115. The molecule has 1 atom stereocenters. The molecule has 0 radical (unpaired) electrons. The standard InChI is InChI=1S/C27H24ClNO5/c1-16(2)34-22-14-10-20(11-15-22)29-24(17-6-12-21(33-3)13-7-17)23(26(31)27(29)32)25(30)18-4-8-19(28)9-5-18/h4-16,24,30H,1-3H3/b25-23+. The lowest BCUT2D eigenvalue weighted by Crippen LogP contribution is -2.29. The largest absolute Gasteiger partial charge is 0.507 e. The minimum Gasteiger partial charge on any atom is -0.507 e. The molecule has 0 aliphatic carbocycles. The van der Waals surface area contributed by atoms with Crippen molar-refractivity contribution in [3.63, 3.8) is 0 Å². The van der Waals surface area contributed by atoms with Gasteiger partial charge in [-0.05, 0) is 80.1 Å². The highest BCUT2D eigenvalue weighted by molar-refractivity contribution is 6.51. The van der Waals surface area contributed by atoms with Crippen LogP contribution in [0.3, 0.4) is 0 Å². The van der Waals surface area contributed by atoms with Gasteiger partial charge in [0.1, 0.15) is 17.3 Å². The molecular formula is C27H24ClNO5. The summed E-state index contributed by atoms with van der Waals surface area (Å²) in [5.41, 5.74) is 1.55. The Balaban J connectivity index is 1.86. The van der Waals surface area contributed by atoms with Crippen molar-refractivity contribution in [2.24, 2.45) is 0 Å². The Labute approximate surface area is 203 Å². The molecular weight excluding hydrogens is 454 g/mol. The first-order valence-corrected chi connectivity index (χ1v) is 11.2. The third-order valence-electron chi connectivity index (χ3n) is 5.48. The first-order valence-electron chi connectivity index (χ1n) is 10.8. The number of halogens is 1. The summed E-state index contributed by atoms with van der Waals surface area (Å²) in [5, 5.41) is 11.6. The molecule has 0 aromatic heterocycles. The number of methoxy groups -OCH3 is 1. The van der Waals surface area contributed by atoms with Crippen LogP contribution in [-0.4, -0.2) is 30.0 Å². The van der Waals surface area contributed by atoms with E-state index in [0.29, 0.717) is 33.3 Å².